The highest BCUT2D eigenvalue weighted by atomic mass is 16.3. The first-order valence-electron chi connectivity index (χ1n) is 20.7. The van der Waals surface area contributed by atoms with Crippen molar-refractivity contribution in [3.05, 3.63) is 194 Å². The quantitative estimate of drug-likeness (QED) is 0.158. The molecule has 0 atom stereocenters. The van der Waals surface area contributed by atoms with Crippen LogP contribution in [0.5, 0.6) is 0 Å². The van der Waals surface area contributed by atoms with E-state index in [1.165, 1.54) is 37.9 Å². The van der Waals surface area contributed by atoms with Crippen LogP contribution in [-0.2, 0) is 5.41 Å². The molecule has 2 aromatic heterocycles. The van der Waals surface area contributed by atoms with Crippen LogP contribution >= 0.6 is 0 Å². The summed E-state index contributed by atoms with van der Waals surface area (Å²) in [5.41, 5.74) is 11.2. The minimum atomic E-state index is 0.000786. The molecule has 0 bridgehead atoms. The van der Waals surface area contributed by atoms with Crippen LogP contribution in [0.1, 0.15) is 26.3 Å². The van der Waals surface area contributed by atoms with E-state index in [1.54, 1.807) is 0 Å². The maximum atomic E-state index is 6.35. The van der Waals surface area contributed by atoms with Gasteiger partial charge in [0.15, 0.2) is 0 Å². The highest BCUT2D eigenvalue weighted by Crippen LogP contribution is 2.51. The first-order chi connectivity index (χ1) is 29.4. The zero-order valence-corrected chi connectivity index (χ0v) is 33.6. The molecule has 0 aliphatic rings. The summed E-state index contributed by atoms with van der Waals surface area (Å²) in [6, 6.07) is 67.8. The summed E-state index contributed by atoms with van der Waals surface area (Å²) in [5.74, 6) is 0. The number of anilines is 6. The fourth-order valence-corrected chi connectivity index (χ4v) is 9.40. The van der Waals surface area contributed by atoms with Crippen LogP contribution in [0.15, 0.2) is 197 Å². The van der Waals surface area contributed by atoms with Gasteiger partial charge in [0.2, 0.25) is 0 Å². The molecule has 0 amide bonds. The van der Waals surface area contributed by atoms with Crippen molar-refractivity contribution in [3.8, 4) is 0 Å². The zero-order valence-electron chi connectivity index (χ0n) is 33.6. The third-order valence-electron chi connectivity index (χ3n) is 12.3. The van der Waals surface area contributed by atoms with Crippen molar-refractivity contribution in [3.63, 3.8) is 0 Å². The molecule has 12 aromatic rings. The first kappa shape index (κ1) is 34.5. The maximum absolute atomic E-state index is 6.35. The van der Waals surface area contributed by atoms with Crippen molar-refractivity contribution in [1.82, 2.24) is 0 Å². The van der Waals surface area contributed by atoms with Crippen LogP contribution in [0.2, 0.25) is 0 Å². The molecule has 0 unspecified atom stereocenters. The van der Waals surface area contributed by atoms with Gasteiger partial charge in [-0.2, -0.15) is 0 Å². The Bertz CT molecular complexity index is 3370. The zero-order chi connectivity index (χ0) is 40.1. The molecule has 0 aliphatic heterocycles. The Morgan fingerprint density at radius 3 is 1.23 bits per heavy atom. The predicted octanol–water partition coefficient (Wildman–Crippen LogP) is 16.6. The van der Waals surface area contributed by atoms with E-state index in [4.69, 9.17) is 8.83 Å². The van der Waals surface area contributed by atoms with E-state index in [0.717, 1.165) is 78.0 Å². The molecule has 4 heteroatoms. The second-order valence-electron chi connectivity index (χ2n) is 17.0. The molecular formula is C56H40N2O2. The van der Waals surface area contributed by atoms with Crippen molar-refractivity contribution < 1.29 is 8.83 Å². The molecule has 0 fully saturated rings. The third kappa shape index (κ3) is 5.31. The molecule has 0 spiro atoms. The van der Waals surface area contributed by atoms with Gasteiger partial charge in [-0.05, 0) is 106 Å². The monoisotopic (exact) mass is 772 g/mol. The Balaban J connectivity index is 1.21. The third-order valence-corrected chi connectivity index (χ3v) is 12.3. The van der Waals surface area contributed by atoms with Crippen LogP contribution in [0, 0.1) is 0 Å². The van der Waals surface area contributed by atoms with Gasteiger partial charge in [0.1, 0.15) is 22.3 Å². The fraction of sp³-hybridized carbons (Fsp3) is 0.0714. The van der Waals surface area contributed by atoms with Gasteiger partial charge in [0, 0.05) is 60.5 Å². The number of para-hydroxylation sites is 4. The molecule has 10 aromatic carbocycles. The van der Waals surface area contributed by atoms with E-state index in [9.17, 15) is 0 Å². The number of hydrogen-bond acceptors (Lipinski definition) is 4. The van der Waals surface area contributed by atoms with Gasteiger partial charge in [-0.25, -0.2) is 0 Å². The highest BCUT2D eigenvalue weighted by molar-refractivity contribution is 6.29. The maximum Gasteiger partial charge on any atom is 0.135 e. The molecule has 0 N–H and O–H groups in total. The number of furan rings is 2. The number of nitrogens with zero attached hydrogens (tertiary/aromatic N) is 2. The number of hydrogen-bond donors (Lipinski definition) is 0. The Morgan fingerprint density at radius 2 is 0.767 bits per heavy atom. The number of rotatable bonds is 6. The lowest BCUT2D eigenvalue weighted by atomic mass is 9.83. The highest BCUT2D eigenvalue weighted by Gasteiger charge is 2.26. The standard InChI is InChI=1S/C56H40N2O2/c1-56(2,3)37-30-35-22-26-44-48(57(38-14-6-4-7-15-38)40-24-28-52-46(32-40)42-18-10-12-20-50(42)59-52)34-49(45-27-23-36(31-37)54(35)55(44)45)58(39-16-8-5-9-17-39)41-25-29-53-47(33-41)43-19-11-13-21-51(43)60-53/h4-34H,1-3H3. The van der Waals surface area contributed by atoms with E-state index in [-0.39, 0.29) is 5.41 Å². The minimum Gasteiger partial charge on any atom is -0.456 e. The number of fused-ring (bicyclic) bond motifs is 6. The van der Waals surface area contributed by atoms with Gasteiger partial charge in [0.25, 0.3) is 0 Å². The molecule has 0 saturated carbocycles. The SMILES string of the molecule is CC(C)(C)c1cc2ccc3c(N(c4ccccc4)c4ccc5oc6ccccc6c5c4)cc(N(c4ccccc4)c4ccc5oc6ccccc6c5c4)c4ccc(c1)c2c34. The molecule has 0 aliphatic carbocycles. The van der Waals surface area contributed by atoms with Crippen LogP contribution in [0.3, 0.4) is 0 Å². The average Bonchev–Trinajstić information content (AvgIpc) is 3.84. The Morgan fingerprint density at radius 1 is 0.333 bits per heavy atom. The molecule has 0 saturated heterocycles. The van der Waals surface area contributed by atoms with Crippen molar-refractivity contribution in [2.24, 2.45) is 0 Å². The smallest absolute Gasteiger partial charge is 0.135 e. The molecule has 12 rings (SSSR count). The number of benzene rings is 10. The van der Waals surface area contributed by atoms with E-state index >= 15 is 0 Å². The lowest BCUT2D eigenvalue weighted by Crippen LogP contribution is -2.14. The van der Waals surface area contributed by atoms with Gasteiger partial charge < -0.3 is 18.6 Å². The lowest BCUT2D eigenvalue weighted by molar-refractivity contribution is 0.591. The average molecular weight is 773 g/mol. The van der Waals surface area contributed by atoms with Crippen molar-refractivity contribution >= 4 is 110 Å². The van der Waals surface area contributed by atoms with Gasteiger partial charge in [-0.3, -0.25) is 0 Å². The van der Waals surface area contributed by atoms with E-state index < -0.39 is 0 Å². The minimum absolute atomic E-state index is 0.000786. The summed E-state index contributed by atoms with van der Waals surface area (Å²) in [6.45, 7) is 6.89. The van der Waals surface area contributed by atoms with Gasteiger partial charge in [-0.1, -0.05) is 130 Å². The molecule has 0 radical (unpaired) electrons. The van der Waals surface area contributed by atoms with Crippen LogP contribution < -0.4 is 9.80 Å². The predicted molar refractivity (Wildman–Crippen MR) is 253 cm³/mol. The summed E-state index contributed by atoms with van der Waals surface area (Å²) in [6.07, 6.45) is 0. The first-order valence-corrected chi connectivity index (χ1v) is 20.7. The normalized spacial score (nSPS) is 12.2. The van der Waals surface area contributed by atoms with Crippen LogP contribution in [0.25, 0.3) is 76.2 Å². The molecule has 2 heterocycles. The van der Waals surface area contributed by atoms with Gasteiger partial charge in [0.05, 0.1) is 11.4 Å². The second kappa shape index (κ2) is 13.0. The topological polar surface area (TPSA) is 32.8 Å². The summed E-state index contributed by atoms with van der Waals surface area (Å²) in [5, 5.41) is 11.7. The van der Waals surface area contributed by atoms with Gasteiger partial charge in [-0.15, -0.1) is 0 Å². The summed E-state index contributed by atoms with van der Waals surface area (Å²) < 4.78 is 12.7. The Labute approximate surface area is 347 Å². The fourth-order valence-electron chi connectivity index (χ4n) is 9.40. The van der Waals surface area contributed by atoms with Crippen molar-refractivity contribution in [2.75, 3.05) is 9.80 Å². The molecule has 286 valence electrons. The van der Waals surface area contributed by atoms with Crippen LogP contribution in [-0.4, -0.2) is 0 Å². The van der Waals surface area contributed by atoms with Crippen molar-refractivity contribution in [1.29, 1.82) is 0 Å². The Kier molecular flexibility index (Phi) is 7.45. The Hall–Kier alpha value is -7.56. The molecule has 60 heavy (non-hydrogen) atoms. The van der Waals surface area contributed by atoms with E-state index in [2.05, 4.69) is 194 Å². The lowest BCUT2D eigenvalue weighted by Gasteiger charge is -2.32. The van der Waals surface area contributed by atoms with E-state index in [0.29, 0.717) is 0 Å². The second-order valence-corrected chi connectivity index (χ2v) is 17.0. The van der Waals surface area contributed by atoms with Gasteiger partial charge >= 0.3 is 0 Å². The molecular weight excluding hydrogens is 733 g/mol. The summed E-state index contributed by atoms with van der Waals surface area (Å²) in [7, 11) is 0. The van der Waals surface area contributed by atoms with Crippen LogP contribution in [0.4, 0.5) is 34.1 Å². The summed E-state index contributed by atoms with van der Waals surface area (Å²) >= 11 is 0. The van der Waals surface area contributed by atoms with Crippen molar-refractivity contribution in [2.45, 2.75) is 26.2 Å². The summed E-state index contributed by atoms with van der Waals surface area (Å²) in [4.78, 5) is 4.85. The molecule has 4 nitrogen and oxygen atoms in total. The van der Waals surface area contributed by atoms with E-state index in [1.807, 2.05) is 24.3 Å². The largest absolute Gasteiger partial charge is 0.456 e.